The summed E-state index contributed by atoms with van der Waals surface area (Å²) in [5.74, 6) is -0.144. The van der Waals surface area contributed by atoms with Gasteiger partial charge in [-0.15, -0.1) is 0 Å². The molecule has 2 N–H and O–H groups in total. The molecule has 2 aromatic rings. The molecule has 0 fully saturated rings. The summed E-state index contributed by atoms with van der Waals surface area (Å²) in [4.78, 5) is 16.9. The van der Waals surface area contributed by atoms with Gasteiger partial charge in [0.1, 0.15) is 5.69 Å². The number of nitrogens with zero attached hydrogens (tertiary/aromatic N) is 1. The van der Waals surface area contributed by atoms with Crippen LogP contribution in [-0.4, -0.2) is 36.4 Å². The molecule has 0 radical (unpaired) electrons. The number of carbonyl (C=O) groups excluding carboxylic acids is 1. The van der Waals surface area contributed by atoms with E-state index in [2.05, 4.69) is 26.6 Å². The van der Waals surface area contributed by atoms with Crippen LogP contribution < -0.4 is 5.32 Å². The van der Waals surface area contributed by atoms with Crippen molar-refractivity contribution in [2.24, 2.45) is 0 Å². The Morgan fingerprint density at radius 2 is 2.37 bits per heavy atom. The van der Waals surface area contributed by atoms with Crippen LogP contribution in [0.15, 0.2) is 29.1 Å². The Kier molecular flexibility index (Phi) is 4.63. The van der Waals surface area contributed by atoms with E-state index < -0.39 is 0 Å². The van der Waals surface area contributed by atoms with Crippen LogP contribution in [-0.2, 0) is 0 Å². The Morgan fingerprint density at radius 3 is 2.89 bits per heavy atom. The summed E-state index contributed by atoms with van der Waals surface area (Å²) in [7, 11) is 4.00. The Hall–Kier alpha value is -1.30. The number of aromatic nitrogens is 1. The third-order valence-electron chi connectivity index (χ3n) is 2.90. The van der Waals surface area contributed by atoms with Crippen LogP contribution in [0.1, 0.15) is 22.1 Å². The molecule has 0 aliphatic heterocycles. The van der Waals surface area contributed by atoms with E-state index in [4.69, 9.17) is 11.6 Å². The van der Waals surface area contributed by atoms with Gasteiger partial charge in [-0.1, -0.05) is 11.6 Å². The third-order valence-corrected chi connectivity index (χ3v) is 3.82. The van der Waals surface area contributed by atoms with Crippen LogP contribution in [0, 0.1) is 0 Å². The number of hydrogen-bond donors (Lipinski definition) is 2. The zero-order chi connectivity index (χ0) is 13.8. The summed E-state index contributed by atoms with van der Waals surface area (Å²) in [5.41, 5.74) is 1.69. The Labute approximate surface area is 121 Å². The molecule has 1 amide bonds. The third kappa shape index (κ3) is 3.59. The van der Waals surface area contributed by atoms with Gasteiger partial charge in [-0.25, -0.2) is 0 Å². The number of aromatic amines is 1. The molecule has 0 saturated heterocycles. The number of hydrogen-bond acceptors (Lipinski definition) is 3. The molecule has 2 heterocycles. The number of thiophene rings is 1. The molecule has 0 saturated carbocycles. The molecule has 102 valence electrons. The average Bonchev–Trinajstić information content (AvgIpc) is 3.00. The number of carbonyl (C=O) groups is 1. The molecule has 4 nitrogen and oxygen atoms in total. The summed E-state index contributed by atoms with van der Waals surface area (Å²) >= 11 is 7.44. The van der Waals surface area contributed by atoms with Crippen LogP contribution in [0.3, 0.4) is 0 Å². The van der Waals surface area contributed by atoms with Gasteiger partial charge in [0.2, 0.25) is 0 Å². The van der Waals surface area contributed by atoms with Gasteiger partial charge in [0, 0.05) is 12.7 Å². The van der Waals surface area contributed by atoms with Gasteiger partial charge in [-0.3, -0.25) is 4.79 Å². The first-order valence-corrected chi connectivity index (χ1v) is 7.20. The van der Waals surface area contributed by atoms with E-state index >= 15 is 0 Å². The van der Waals surface area contributed by atoms with Crippen LogP contribution in [0.4, 0.5) is 0 Å². The highest BCUT2D eigenvalue weighted by atomic mass is 35.5. The number of nitrogens with one attached hydrogen (secondary N) is 2. The fourth-order valence-electron chi connectivity index (χ4n) is 1.85. The smallest absolute Gasteiger partial charge is 0.267 e. The van der Waals surface area contributed by atoms with Crippen molar-refractivity contribution in [1.29, 1.82) is 0 Å². The van der Waals surface area contributed by atoms with Crippen LogP contribution >= 0.6 is 22.9 Å². The predicted octanol–water partition coefficient (Wildman–Crippen LogP) is 2.76. The fourth-order valence-corrected chi connectivity index (χ4v) is 2.72. The molecule has 0 bridgehead atoms. The summed E-state index contributed by atoms with van der Waals surface area (Å²) in [6, 6.07) is 3.86. The van der Waals surface area contributed by atoms with E-state index in [-0.39, 0.29) is 11.9 Å². The summed E-state index contributed by atoms with van der Waals surface area (Å²) < 4.78 is 0. The molecular weight excluding hydrogens is 282 g/mol. The number of halogens is 1. The van der Waals surface area contributed by atoms with Gasteiger partial charge in [-0.2, -0.15) is 11.3 Å². The Bertz CT molecular complexity index is 536. The van der Waals surface area contributed by atoms with Crippen LogP contribution in [0.5, 0.6) is 0 Å². The lowest BCUT2D eigenvalue weighted by Gasteiger charge is -2.23. The lowest BCUT2D eigenvalue weighted by atomic mass is 10.1. The molecule has 1 unspecified atom stereocenters. The van der Waals surface area contributed by atoms with E-state index in [9.17, 15) is 4.79 Å². The van der Waals surface area contributed by atoms with Crippen molar-refractivity contribution in [1.82, 2.24) is 15.2 Å². The topological polar surface area (TPSA) is 48.1 Å². The second-order valence-electron chi connectivity index (χ2n) is 4.48. The lowest BCUT2D eigenvalue weighted by Crippen LogP contribution is -2.34. The van der Waals surface area contributed by atoms with Gasteiger partial charge < -0.3 is 15.2 Å². The van der Waals surface area contributed by atoms with Gasteiger partial charge in [-0.05, 0) is 42.6 Å². The van der Waals surface area contributed by atoms with Crippen molar-refractivity contribution in [2.45, 2.75) is 6.04 Å². The van der Waals surface area contributed by atoms with E-state index in [1.165, 1.54) is 5.56 Å². The van der Waals surface area contributed by atoms with Crippen LogP contribution in [0.25, 0.3) is 0 Å². The molecule has 2 aromatic heterocycles. The monoisotopic (exact) mass is 297 g/mol. The number of rotatable bonds is 5. The maximum Gasteiger partial charge on any atom is 0.267 e. The quantitative estimate of drug-likeness (QED) is 0.891. The summed E-state index contributed by atoms with van der Waals surface area (Å²) in [6.07, 6.45) is 1.60. The Balaban J connectivity index is 1.98. The number of likely N-dealkylation sites (N-methyl/N-ethyl adjacent to an activating group) is 1. The van der Waals surface area contributed by atoms with E-state index in [0.29, 0.717) is 17.3 Å². The highest BCUT2D eigenvalue weighted by molar-refractivity contribution is 7.07. The highest BCUT2D eigenvalue weighted by Crippen LogP contribution is 2.20. The molecule has 6 heteroatoms. The molecule has 1 atom stereocenters. The molecule has 0 aliphatic carbocycles. The maximum atomic E-state index is 11.9. The minimum atomic E-state index is -0.144. The summed E-state index contributed by atoms with van der Waals surface area (Å²) in [5, 5.41) is 7.59. The normalized spacial score (nSPS) is 12.6. The van der Waals surface area contributed by atoms with Crippen molar-refractivity contribution in [2.75, 3.05) is 20.6 Å². The number of amides is 1. The maximum absolute atomic E-state index is 11.9. The molecule has 0 aromatic carbocycles. The lowest BCUT2D eigenvalue weighted by molar-refractivity contribution is 0.0937. The van der Waals surface area contributed by atoms with Gasteiger partial charge in [0.15, 0.2) is 0 Å². The van der Waals surface area contributed by atoms with E-state index in [0.717, 1.165) is 0 Å². The first-order chi connectivity index (χ1) is 9.08. The second-order valence-corrected chi connectivity index (χ2v) is 5.69. The van der Waals surface area contributed by atoms with Gasteiger partial charge in [0.25, 0.3) is 5.91 Å². The van der Waals surface area contributed by atoms with E-state index in [1.807, 2.05) is 19.5 Å². The van der Waals surface area contributed by atoms with Crippen molar-refractivity contribution in [3.8, 4) is 0 Å². The SMILES string of the molecule is CN(C)C(CNC(=O)c1cc(Cl)c[nH]1)c1ccsc1. The predicted molar refractivity (Wildman–Crippen MR) is 78.9 cm³/mol. The first kappa shape index (κ1) is 14.1. The van der Waals surface area contributed by atoms with Crippen molar-refractivity contribution < 1.29 is 4.79 Å². The average molecular weight is 298 g/mol. The fraction of sp³-hybridized carbons (Fsp3) is 0.308. The molecule has 2 rings (SSSR count). The first-order valence-electron chi connectivity index (χ1n) is 5.88. The van der Waals surface area contributed by atoms with Gasteiger partial charge in [0.05, 0.1) is 11.1 Å². The molecular formula is C13H16ClN3OS. The minimum absolute atomic E-state index is 0.144. The van der Waals surface area contributed by atoms with Crippen LogP contribution in [0.2, 0.25) is 5.02 Å². The second kappa shape index (κ2) is 6.23. The molecule has 19 heavy (non-hydrogen) atoms. The van der Waals surface area contributed by atoms with E-state index in [1.54, 1.807) is 23.6 Å². The Morgan fingerprint density at radius 1 is 1.58 bits per heavy atom. The largest absolute Gasteiger partial charge is 0.356 e. The van der Waals surface area contributed by atoms with Crippen molar-refractivity contribution in [3.05, 3.63) is 45.4 Å². The van der Waals surface area contributed by atoms with Crippen molar-refractivity contribution >= 4 is 28.8 Å². The standard InChI is InChI=1S/C13H16ClN3OS/c1-17(2)12(9-3-4-19-8-9)7-16-13(18)11-5-10(14)6-15-11/h3-6,8,12,15H,7H2,1-2H3,(H,16,18). The zero-order valence-corrected chi connectivity index (χ0v) is 12.4. The minimum Gasteiger partial charge on any atom is -0.356 e. The highest BCUT2D eigenvalue weighted by Gasteiger charge is 2.16. The molecule has 0 aliphatic rings. The number of H-pyrrole nitrogens is 1. The zero-order valence-electron chi connectivity index (χ0n) is 10.8. The van der Waals surface area contributed by atoms with Gasteiger partial charge >= 0.3 is 0 Å². The molecule has 0 spiro atoms. The summed E-state index contributed by atoms with van der Waals surface area (Å²) in [6.45, 7) is 0.555. The van der Waals surface area contributed by atoms with Crippen molar-refractivity contribution in [3.63, 3.8) is 0 Å².